The molecule has 0 aromatic heterocycles. The van der Waals surface area contributed by atoms with Gasteiger partial charge in [0.05, 0.1) is 6.54 Å². The molecule has 1 aliphatic rings. The Morgan fingerprint density at radius 2 is 2.33 bits per heavy atom. The van der Waals surface area contributed by atoms with Gasteiger partial charge >= 0.3 is 6.03 Å². The van der Waals surface area contributed by atoms with Gasteiger partial charge in [-0.2, -0.15) is 0 Å². The summed E-state index contributed by atoms with van der Waals surface area (Å²) >= 11 is 0. The average molecular weight is 291 g/mol. The molecule has 0 saturated carbocycles. The van der Waals surface area contributed by atoms with E-state index >= 15 is 0 Å². The van der Waals surface area contributed by atoms with Gasteiger partial charge in [0, 0.05) is 19.1 Å². The van der Waals surface area contributed by atoms with Gasteiger partial charge in [-0.1, -0.05) is 19.1 Å². The lowest BCUT2D eigenvalue weighted by Gasteiger charge is -2.17. The van der Waals surface area contributed by atoms with Crippen molar-refractivity contribution in [2.75, 3.05) is 32.8 Å². The van der Waals surface area contributed by atoms with Gasteiger partial charge in [-0.25, -0.2) is 4.79 Å². The Morgan fingerprint density at radius 3 is 3.05 bits per heavy atom. The van der Waals surface area contributed by atoms with E-state index in [0.717, 1.165) is 31.8 Å². The van der Waals surface area contributed by atoms with Crippen LogP contribution in [0.3, 0.4) is 0 Å². The first-order valence-corrected chi connectivity index (χ1v) is 7.69. The quantitative estimate of drug-likeness (QED) is 0.771. The maximum Gasteiger partial charge on any atom is 0.317 e. The normalized spacial score (nSPS) is 15.9. The van der Waals surface area contributed by atoms with Crippen LogP contribution >= 0.6 is 0 Å². The van der Waals surface area contributed by atoms with Crippen LogP contribution in [0.1, 0.15) is 31.9 Å². The Balaban J connectivity index is 1.81. The van der Waals surface area contributed by atoms with Crippen molar-refractivity contribution in [3.05, 3.63) is 29.8 Å². The maximum atomic E-state index is 11.4. The van der Waals surface area contributed by atoms with Crippen LogP contribution in [-0.4, -0.2) is 43.7 Å². The topological polar surface area (TPSA) is 53.6 Å². The minimum Gasteiger partial charge on any atom is -0.492 e. The van der Waals surface area contributed by atoms with Crippen molar-refractivity contribution in [3.8, 4) is 5.75 Å². The first-order valence-electron chi connectivity index (χ1n) is 7.69. The molecule has 1 atom stereocenters. The third kappa shape index (κ3) is 4.63. The number of rotatable bonds is 8. The zero-order valence-corrected chi connectivity index (χ0v) is 12.9. The van der Waals surface area contributed by atoms with Gasteiger partial charge in [-0.3, -0.25) is 0 Å². The van der Waals surface area contributed by atoms with Gasteiger partial charge in [0.1, 0.15) is 12.4 Å². The zero-order chi connectivity index (χ0) is 15.1. The summed E-state index contributed by atoms with van der Waals surface area (Å²) in [5, 5.41) is 6.25. The van der Waals surface area contributed by atoms with Crippen LogP contribution in [0.5, 0.6) is 5.75 Å². The number of hydrogen-bond acceptors (Lipinski definition) is 3. The fourth-order valence-electron chi connectivity index (χ4n) is 2.35. The number of carbonyl (C=O) groups excluding carboxylic acids is 1. The van der Waals surface area contributed by atoms with Crippen LogP contribution in [0.2, 0.25) is 0 Å². The van der Waals surface area contributed by atoms with Crippen LogP contribution in [-0.2, 0) is 0 Å². The van der Waals surface area contributed by atoms with E-state index in [-0.39, 0.29) is 6.03 Å². The zero-order valence-electron chi connectivity index (χ0n) is 12.9. The lowest BCUT2D eigenvalue weighted by atomic mass is 10.1. The van der Waals surface area contributed by atoms with Crippen molar-refractivity contribution < 1.29 is 9.53 Å². The molecule has 0 aliphatic carbocycles. The Kier molecular flexibility index (Phi) is 5.87. The van der Waals surface area contributed by atoms with Crippen molar-refractivity contribution in [3.63, 3.8) is 0 Å². The molecule has 1 aromatic carbocycles. The molecule has 1 heterocycles. The van der Waals surface area contributed by atoms with E-state index in [1.54, 1.807) is 4.90 Å². The molecule has 2 rings (SSSR count). The van der Waals surface area contributed by atoms with Crippen LogP contribution in [0.15, 0.2) is 24.3 Å². The van der Waals surface area contributed by atoms with E-state index in [4.69, 9.17) is 4.74 Å². The van der Waals surface area contributed by atoms with Crippen LogP contribution in [0, 0.1) is 0 Å². The van der Waals surface area contributed by atoms with Gasteiger partial charge in [-0.15, -0.1) is 0 Å². The molecule has 0 radical (unpaired) electrons. The second-order valence-electron chi connectivity index (χ2n) is 5.32. The van der Waals surface area contributed by atoms with Crippen LogP contribution in [0.25, 0.3) is 0 Å². The standard InChI is InChI=1S/C16H25N3O2/c1-3-7-17-13(2)14-5-4-6-15(12-14)21-11-10-19-9-8-18-16(19)20/h4-6,12-13,17H,3,7-11H2,1-2H3,(H,18,20). The molecule has 0 bridgehead atoms. The molecular formula is C16H25N3O2. The van der Waals surface area contributed by atoms with Gasteiger partial charge in [0.15, 0.2) is 0 Å². The third-order valence-corrected chi connectivity index (χ3v) is 3.63. The van der Waals surface area contributed by atoms with E-state index < -0.39 is 0 Å². The second kappa shape index (κ2) is 7.88. The van der Waals surface area contributed by atoms with E-state index in [1.165, 1.54) is 5.56 Å². The molecule has 1 saturated heterocycles. The molecule has 2 N–H and O–H groups in total. The number of benzene rings is 1. The molecule has 116 valence electrons. The van der Waals surface area contributed by atoms with E-state index in [2.05, 4.69) is 36.6 Å². The summed E-state index contributed by atoms with van der Waals surface area (Å²) in [5.41, 5.74) is 1.22. The lowest BCUT2D eigenvalue weighted by molar-refractivity contribution is 0.202. The molecule has 0 spiro atoms. The largest absolute Gasteiger partial charge is 0.492 e. The van der Waals surface area contributed by atoms with Crippen molar-refractivity contribution in [2.45, 2.75) is 26.3 Å². The van der Waals surface area contributed by atoms with Crippen molar-refractivity contribution in [2.24, 2.45) is 0 Å². The Hall–Kier alpha value is -1.75. The molecule has 1 aromatic rings. The molecule has 1 aliphatic heterocycles. The smallest absolute Gasteiger partial charge is 0.317 e. The minimum atomic E-state index is 0.00439. The van der Waals surface area contributed by atoms with Gasteiger partial charge in [0.25, 0.3) is 0 Å². The van der Waals surface area contributed by atoms with Gasteiger partial charge in [-0.05, 0) is 37.6 Å². The summed E-state index contributed by atoms with van der Waals surface area (Å²) in [6.07, 6.45) is 1.12. The summed E-state index contributed by atoms with van der Waals surface area (Å²) in [4.78, 5) is 13.2. The first kappa shape index (κ1) is 15.6. The number of urea groups is 1. The summed E-state index contributed by atoms with van der Waals surface area (Å²) in [6, 6.07) is 8.46. The number of ether oxygens (including phenoxy) is 1. The van der Waals surface area contributed by atoms with Crippen LogP contribution < -0.4 is 15.4 Å². The number of nitrogens with zero attached hydrogens (tertiary/aromatic N) is 1. The average Bonchev–Trinajstić information content (AvgIpc) is 2.90. The molecule has 21 heavy (non-hydrogen) atoms. The molecule has 1 unspecified atom stereocenters. The number of hydrogen-bond donors (Lipinski definition) is 2. The third-order valence-electron chi connectivity index (χ3n) is 3.63. The van der Waals surface area contributed by atoms with Crippen molar-refractivity contribution in [1.82, 2.24) is 15.5 Å². The lowest BCUT2D eigenvalue weighted by Crippen LogP contribution is -2.31. The molecule has 1 fully saturated rings. The Labute approximate surface area is 126 Å². The van der Waals surface area contributed by atoms with E-state index in [0.29, 0.717) is 19.2 Å². The fourth-order valence-corrected chi connectivity index (χ4v) is 2.35. The van der Waals surface area contributed by atoms with Gasteiger partial charge in [0.2, 0.25) is 0 Å². The summed E-state index contributed by atoms with van der Waals surface area (Å²) in [5.74, 6) is 0.859. The van der Waals surface area contributed by atoms with Crippen molar-refractivity contribution in [1.29, 1.82) is 0 Å². The second-order valence-corrected chi connectivity index (χ2v) is 5.32. The highest BCUT2D eigenvalue weighted by molar-refractivity contribution is 5.76. The molecular weight excluding hydrogens is 266 g/mol. The van der Waals surface area contributed by atoms with Crippen molar-refractivity contribution >= 4 is 6.03 Å². The summed E-state index contributed by atoms with van der Waals surface area (Å²) in [7, 11) is 0. The highest BCUT2D eigenvalue weighted by atomic mass is 16.5. The monoisotopic (exact) mass is 291 g/mol. The summed E-state index contributed by atoms with van der Waals surface area (Å²) < 4.78 is 5.76. The predicted molar refractivity (Wildman–Crippen MR) is 83.6 cm³/mol. The summed E-state index contributed by atoms with van der Waals surface area (Å²) in [6.45, 7) is 7.97. The van der Waals surface area contributed by atoms with E-state index in [9.17, 15) is 4.79 Å². The molecule has 5 nitrogen and oxygen atoms in total. The Morgan fingerprint density at radius 1 is 1.48 bits per heavy atom. The highest BCUT2D eigenvalue weighted by Gasteiger charge is 2.18. The Bertz CT molecular complexity index is 465. The SMILES string of the molecule is CCCNC(C)c1cccc(OCCN2CCNC2=O)c1. The molecule has 5 heteroatoms. The van der Waals surface area contributed by atoms with Gasteiger partial charge < -0.3 is 20.3 Å². The first-order chi connectivity index (χ1) is 10.2. The fraction of sp³-hybridized carbons (Fsp3) is 0.562. The maximum absolute atomic E-state index is 11.4. The molecule has 2 amide bonds. The predicted octanol–water partition coefficient (Wildman–Crippen LogP) is 2.15. The van der Waals surface area contributed by atoms with Crippen LogP contribution in [0.4, 0.5) is 4.79 Å². The number of amides is 2. The highest BCUT2D eigenvalue weighted by Crippen LogP contribution is 2.19. The number of carbonyl (C=O) groups is 1. The van der Waals surface area contributed by atoms with E-state index in [1.807, 2.05) is 12.1 Å². The number of nitrogens with one attached hydrogen (secondary N) is 2. The minimum absolute atomic E-state index is 0.00439.